The average Bonchev–Trinajstić information content (AvgIpc) is 3.27. The third-order valence-electron chi connectivity index (χ3n) is 5.95. The molecule has 0 aliphatic carbocycles. The highest BCUT2D eigenvalue weighted by Crippen LogP contribution is 2.26. The molecular weight excluding hydrogens is 378 g/mol. The number of hydrogen-bond donors (Lipinski definition) is 1. The standard InChI is InChI=1S/C24H35N3O3/c1-4-26(5-2)18-21-13-14-23(30-21)24(28)25-17-22(27-15-7-6-8-16-27)19-9-11-20(29-3)12-10-19/h9-14,22H,4-8,15-18H2,1-3H3,(H,25,28). The third kappa shape index (κ3) is 5.86. The summed E-state index contributed by atoms with van der Waals surface area (Å²) >= 11 is 0. The molecule has 6 heteroatoms. The molecule has 6 nitrogen and oxygen atoms in total. The molecule has 1 saturated heterocycles. The molecule has 3 rings (SSSR count). The van der Waals surface area contributed by atoms with Crippen molar-refractivity contribution >= 4 is 5.91 Å². The van der Waals surface area contributed by atoms with Crippen LogP contribution in [0.25, 0.3) is 0 Å². The van der Waals surface area contributed by atoms with Gasteiger partial charge in [0.1, 0.15) is 11.5 Å². The number of nitrogens with one attached hydrogen (secondary N) is 1. The molecule has 1 aliphatic rings. The maximum absolute atomic E-state index is 12.7. The first-order valence-electron chi connectivity index (χ1n) is 11.1. The maximum atomic E-state index is 12.7. The molecule has 2 heterocycles. The zero-order chi connectivity index (χ0) is 21.3. The van der Waals surface area contributed by atoms with Crippen LogP contribution < -0.4 is 10.1 Å². The molecule has 1 aromatic carbocycles. The third-order valence-corrected chi connectivity index (χ3v) is 5.95. The lowest BCUT2D eigenvalue weighted by Crippen LogP contribution is -2.40. The van der Waals surface area contributed by atoms with Gasteiger partial charge in [-0.2, -0.15) is 0 Å². The van der Waals surface area contributed by atoms with Gasteiger partial charge in [0, 0.05) is 6.54 Å². The van der Waals surface area contributed by atoms with Gasteiger partial charge in [0.15, 0.2) is 5.76 Å². The van der Waals surface area contributed by atoms with Crippen molar-refractivity contribution < 1.29 is 13.9 Å². The number of benzene rings is 1. The summed E-state index contributed by atoms with van der Waals surface area (Å²) in [6.07, 6.45) is 3.68. The van der Waals surface area contributed by atoms with E-state index in [1.54, 1.807) is 13.2 Å². The number of likely N-dealkylation sites (tertiary alicyclic amines) is 1. The van der Waals surface area contributed by atoms with E-state index in [2.05, 4.69) is 41.1 Å². The monoisotopic (exact) mass is 413 g/mol. The summed E-state index contributed by atoms with van der Waals surface area (Å²) in [6, 6.07) is 12.0. The summed E-state index contributed by atoms with van der Waals surface area (Å²) in [5.41, 5.74) is 1.19. The van der Waals surface area contributed by atoms with Gasteiger partial charge in [0.2, 0.25) is 0 Å². The van der Waals surface area contributed by atoms with E-state index in [9.17, 15) is 4.79 Å². The molecule has 1 N–H and O–H groups in total. The highest BCUT2D eigenvalue weighted by atomic mass is 16.5. The van der Waals surface area contributed by atoms with E-state index in [0.717, 1.165) is 44.2 Å². The van der Waals surface area contributed by atoms with Crippen molar-refractivity contribution in [1.82, 2.24) is 15.1 Å². The summed E-state index contributed by atoms with van der Waals surface area (Å²) in [6.45, 7) is 9.55. The van der Waals surface area contributed by atoms with Crippen LogP contribution in [0.5, 0.6) is 5.75 Å². The Hall–Kier alpha value is -2.31. The molecule has 2 aromatic rings. The highest BCUT2D eigenvalue weighted by molar-refractivity contribution is 5.91. The van der Waals surface area contributed by atoms with Crippen LogP contribution in [-0.2, 0) is 6.54 Å². The molecule has 0 spiro atoms. The van der Waals surface area contributed by atoms with Crippen molar-refractivity contribution in [3.8, 4) is 5.75 Å². The molecular formula is C24H35N3O3. The van der Waals surface area contributed by atoms with Crippen molar-refractivity contribution in [2.24, 2.45) is 0 Å². The molecule has 1 unspecified atom stereocenters. The lowest BCUT2D eigenvalue weighted by Gasteiger charge is -2.35. The average molecular weight is 414 g/mol. The smallest absolute Gasteiger partial charge is 0.287 e. The van der Waals surface area contributed by atoms with Crippen molar-refractivity contribution in [3.63, 3.8) is 0 Å². The van der Waals surface area contributed by atoms with Gasteiger partial charge in [-0.05, 0) is 68.8 Å². The summed E-state index contributed by atoms with van der Waals surface area (Å²) in [5.74, 6) is 1.89. The molecule has 164 valence electrons. The number of nitrogens with zero attached hydrogens (tertiary/aromatic N) is 2. The molecule has 0 radical (unpaired) electrons. The Morgan fingerprint density at radius 2 is 1.80 bits per heavy atom. The van der Waals surface area contributed by atoms with Crippen LogP contribution in [0.15, 0.2) is 40.8 Å². The van der Waals surface area contributed by atoms with Crippen LogP contribution >= 0.6 is 0 Å². The summed E-state index contributed by atoms with van der Waals surface area (Å²) in [7, 11) is 1.68. The second-order valence-corrected chi connectivity index (χ2v) is 7.82. The Morgan fingerprint density at radius 3 is 2.43 bits per heavy atom. The maximum Gasteiger partial charge on any atom is 0.287 e. The van der Waals surface area contributed by atoms with Crippen molar-refractivity contribution in [2.45, 2.75) is 45.7 Å². The van der Waals surface area contributed by atoms with E-state index in [0.29, 0.717) is 12.3 Å². The van der Waals surface area contributed by atoms with Crippen molar-refractivity contribution in [1.29, 1.82) is 0 Å². The van der Waals surface area contributed by atoms with Crippen LogP contribution in [0, 0.1) is 0 Å². The second-order valence-electron chi connectivity index (χ2n) is 7.82. The number of amides is 1. The Balaban J connectivity index is 1.65. The minimum Gasteiger partial charge on any atom is -0.497 e. The molecule has 1 aliphatic heterocycles. The minimum absolute atomic E-state index is 0.144. The van der Waals surface area contributed by atoms with Crippen molar-refractivity contribution in [3.05, 3.63) is 53.5 Å². The number of hydrogen-bond acceptors (Lipinski definition) is 5. The molecule has 0 bridgehead atoms. The number of piperidine rings is 1. The van der Waals surface area contributed by atoms with Gasteiger partial charge >= 0.3 is 0 Å². The molecule has 1 fully saturated rings. The Labute approximate surface area is 180 Å². The van der Waals surface area contributed by atoms with Gasteiger partial charge < -0.3 is 14.5 Å². The Morgan fingerprint density at radius 1 is 1.10 bits per heavy atom. The topological polar surface area (TPSA) is 58.0 Å². The van der Waals surface area contributed by atoms with Gasteiger partial charge in [0.25, 0.3) is 5.91 Å². The fraction of sp³-hybridized carbons (Fsp3) is 0.542. The van der Waals surface area contributed by atoms with E-state index in [1.165, 1.54) is 24.8 Å². The van der Waals surface area contributed by atoms with Crippen LogP contribution in [0.2, 0.25) is 0 Å². The lowest BCUT2D eigenvalue weighted by molar-refractivity contribution is 0.0893. The first kappa shape index (κ1) is 22.4. The fourth-order valence-corrected chi connectivity index (χ4v) is 4.04. The number of furan rings is 1. The predicted octanol–water partition coefficient (Wildman–Crippen LogP) is 4.09. The van der Waals surface area contributed by atoms with Gasteiger partial charge in [-0.25, -0.2) is 0 Å². The van der Waals surface area contributed by atoms with Gasteiger partial charge in [-0.15, -0.1) is 0 Å². The van der Waals surface area contributed by atoms with Gasteiger partial charge in [-0.1, -0.05) is 32.4 Å². The number of methoxy groups -OCH3 is 1. The van der Waals surface area contributed by atoms with Crippen LogP contribution in [0.3, 0.4) is 0 Å². The summed E-state index contributed by atoms with van der Waals surface area (Å²) in [4.78, 5) is 17.5. The van der Waals surface area contributed by atoms with Gasteiger partial charge in [-0.3, -0.25) is 14.6 Å². The first-order valence-corrected chi connectivity index (χ1v) is 11.1. The normalized spacial score (nSPS) is 15.9. The van der Waals surface area contributed by atoms with E-state index < -0.39 is 0 Å². The number of carbonyl (C=O) groups is 1. The zero-order valence-corrected chi connectivity index (χ0v) is 18.5. The molecule has 1 amide bonds. The fourth-order valence-electron chi connectivity index (χ4n) is 4.04. The summed E-state index contributed by atoms with van der Waals surface area (Å²) in [5, 5.41) is 3.10. The van der Waals surface area contributed by atoms with Crippen LogP contribution in [0.1, 0.15) is 61.0 Å². The molecule has 30 heavy (non-hydrogen) atoms. The predicted molar refractivity (Wildman–Crippen MR) is 119 cm³/mol. The Kier molecular flexibility index (Phi) is 8.34. The largest absolute Gasteiger partial charge is 0.497 e. The highest BCUT2D eigenvalue weighted by Gasteiger charge is 2.24. The molecule has 0 saturated carbocycles. The van der Waals surface area contributed by atoms with Crippen molar-refractivity contribution in [2.75, 3.05) is 39.8 Å². The molecule has 1 aromatic heterocycles. The quantitative estimate of drug-likeness (QED) is 0.636. The first-order chi connectivity index (χ1) is 14.6. The van der Waals surface area contributed by atoms with E-state index in [4.69, 9.17) is 9.15 Å². The zero-order valence-electron chi connectivity index (χ0n) is 18.5. The minimum atomic E-state index is -0.156. The van der Waals surface area contributed by atoms with Crippen LogP contribution in [-0.4, -0.2) is 55.5 Å². The number of carbonyl (C=O) groups excluding carboxylic acids is 1. The number of rotatable bonds is 10. The number of ether oxygens (including phenoxy) is 1. The molecule has 1 atom stereocenters. The van der Waals surface area contributed by atoms with Gasteiger partial charge in [0.05, 0.1) is 19.7 Å². The Bertz CT molecular complexity index is 777. The SMILES string of the molecule is CCN(CC)Cc1ccc(C(=O)NCC(c2ccc(OC)cc2)N2CCCCC2)o1. The van der Waals surface area contributed by atoms with E-state index in [-0.39, 0.29) is 11.9 Å². The van der Waals surface area contributed by atoms with Crippen LogP contribution in [0.4, 0.5) is 0 Å². The van der Waals surface area contributed by atoms with E-state index in [1.807, 2.05) is 18.2 Å². The lowest BCUT2D eigenvalue weighted by atomic mass is 10.0. The second kappa shape index (κ2) is 11.2. The summed E-state index contributed by atoms with van der Waals surface area (Å²) < 4.78 is 11.1. The van der Waals surface area contributed by atoms with E-state index >= 15 is 0 Å².